The van der Waals surface area contributed by atoms with Crippen LogP contribution in [-0.2, 0) is 13.0 Å². The van der Waals surface area contributed by atoms with Crippen LogP contribution in [0.1, 0.15) is 45.1 Å². The highest BCUT2D eigenvalue weighted by Crippen LogP contribution is 2.18. The quantitative estimate of drug-likeness (QED) is 0.293. The molecule has 7 nitrogen and oxygen atoms in total. The molecule has 154 valence electrons. The Labute approximate surface area is 175 Å². The van der Waals surface area contributed by atoms with Gasteiger partial charge in [0.2, 0.25) is 0 Å². The summed E-state index contributed by atoms with van der Waals surface area (Å²) < 4.78 is 1.98. The van der Waals surface area contributed by atoms with Gasteiger partial charge < -0.3 is 21.4 Å². The third kappa shape index (κ3) is 4.94. The Morgan fingerprint density at radius 3 is 2.30 bits per heavy atom. The molecule has 0 fully saturated rings. The van der Waals surface area contributed by atoms with Crippen LogP contribution in [0.3, 0.4) is 0 Å². The molecule has 0 aliphatic carbocycles. The van der Waals surface area contributed by atoms with E-state index in [1.54, 1.807) is 6.07 Å². The number of hydrogen-bond acceptors (Lipinski definition) is 3. The fraction of sp³-hybridized carbons (Fsp3) is 0.174. The van der Waals surface area contributed by atoms with Crippen LogP contribution < -0.4 is 16.8 Å². The highest BCUT2D eigenvalue weighted by molar-refractivity contribution is 5.96. The van der Waals surface area contributed by atoms with Gasteiger partial charge in [-0.15, -0.1) is 0 Å². The van der Waals surface area contributed by atoms with E-state index in [1.807, 2.05) is 66.3 Å². The van der Waals surface area contributed by atoms with Crippen LogP contribution in [-0.4, -0.2) is 28.7 Å². The van der Waals surface area contributed by atoms with Gasteiger partial charge in [0.15, 0.2) is 0 Å². The third-order valence-corrected chi connectivity index (χ3v) is 4.81. The molecule has 30 heavy (non-hydrogen) atoms. The van der Waals surface area contributed by atoms with E-state index in [0.717, 1.165) is 16.7 Å². The fourth-order valence-electron chi connectivity index (χ4n) is 3.32. The van der Waals surface area contributed by atoms with Gasteiger partial charge in [0, 0.05) is 36.6 Å². The maximum atomic E-state index is 12.6. The maximum absolute atomic E-state index is 12.6. The van der Waals surface area contributed by atoms with Crippen LogP contribution in [0, 0.1) is 10.8 Å². The van der Waals surface area contributed by atoms with Crippen LogP contribution in [0.2, 0.25) is 0 Å². The summed E-state index contributed by atoms with van der Waals surface area (Å²) >= 11 is 0. The summed E-state index contributed by atoms with van der Waals surface area (Å²) in [4.78, 5) is 12.6. The first-order valence-corrected chi connectivity index (χ1v) is 9.71. The van der Waals surface area contributed by atoms with Gasteiger partial charge in [0.25, 0.3) is 5.91 Å². The number of nitrogens with two attached hydrogens (primary N) is 2. The van der Waals surface area contributed by atoms with Crippen molar-refractivity contribution in [3.8, 4) is 0 Å². The van der Waals surface area contributed by atoms with E-state index in [4.69, 9.17) is 22.3 Å². The van der Waals surface area contributed by atoms with E-state index in [-0.39, 0.29) is 17.6 Å². The molecule has 1 aromatic heterocycles. The number of nitrogens with zero attached hydrogens (tertiary/aromatic N) is 1. The van der Waals surface area contributed by atoms with Crippen molar-refractivity contribution in [1.82, 2.24) is 9.88 Å². The van der Waals surface area contributed by atoms with Crippen molar-refractivity contribution < 1.29 is 4.79 Å². The fourth-order valence-corrected chi connectivity index (χ4v) is 3.32. The number of aromatic nitrogens is 1. The van der Waals surface area contributed by atoms with E-state index in [2.05, 4.69) is 5.32 Å². The second-order valence-corrected chi connectivity index (χ2v) is 7.13. The van der Waals surface area contributed by atoms with Crippen molar-refractivity contribution in [2.75, 3.05) is 6.54 Å². The number of hydrogen-bond donors (Lipinski definition) is 5. The Bertz CT molecular complexity index is 1080. The van der Waals surface area contributed by atoms with Crippen molar-refractivity contribution >= 4 is 17.6 Å². The molecule has 0 saturated heterocycles. The standard InChI is InChI=1S/C23H26N6O/c1-2-28-23(30)20-14-29(12-16-4-3-5-18(11-16)22(26)27)13-19(20)10-15-6-8-17(9-7-15)21(24)25/h3-9,11,13-14H,2,10,12H2,1H3,(H3,24,25)(H3,26,27)(H,28,30). The summed E-state index contributed by atoms with van der Waals surface area (Å²) in [5.74, 6) is -0.0466. The molecule has 7 N–H and O–H groups in total. The van der Waals surface area contributed by atoms with Gasteiger partial charge in [0.1, 0.15) is 11.7 Å². The lowest BCUT2D eigenvalue weighted by Crippen LogP contribution is -2.23. The highest BCUT2D eigenvalue weighted by atomic mass is 16.1. The molecule has 2 aromatic carbocycles. The zero-order chi connectivity index (χ0) is 21.7. The zero-order valence-corrected chi connectivity index (χ0v) is 16.9. The smallest absolute Gasteiger partial charge is 0.253 e. The molecule has 0 radical (unpaired) electrons. The summed E-state index contributed by atoms with van der Waals surface area (Å²) in [5.41, 5.74) is 16.0. The molecule has 0 bridgehead atoms. The van der Waals surface area contributed by atoms with Gasteiger partial charge in [0.05, 0.1) is 5.56 Å². The first-order valence-electron chi connectivity index (χ1n) is 9.71. The summed E-state index contributed by atoms with van der Waals surface area (Å²) in [6.45, 7) is 3.01. The van der Waals surface area contributed by atoms with Gasteiger partial charge in [-0.25, -0.2) is 0 Å². The van der Waals surface area contributed by atoms with Crippen molar-refractivity contribution in [3.63, 3.8) is 0 Å². The summed E-state index contributed by atoms with van der Waals surface area (Å²) in [6, 6.07) is 15.0. The van der Waals surface area contributed by atoms with Crippen LogP contribution in [0.4, 0.5) is 0 Å². The SMILES string of the molecule is CCNC(=O)c1cn(Cc2cccc(C(=N)N)c2)cc1Cc1ccc(C(=N)N)cc1. The van der Waals surface area contributed by atoms with Gasteiger partial charge in [-0.1, -0.05) is 42.5 Å². The first kappa shape index (κ1) is 20.9. The predicted octanol–water partition coefficient (Wildman–Crippen LogP) is 2.45. The predicted molar refractivity (Wildman–Crippen MR) is 119 cm³/mol. The van der Waals surface area contributed by atoms with Crippen LogP contribution in [0.25, 0.3) is 0 Å². The zero-order valence-electron chi connectivity index (χ0n) is 16.9. The number of rotatable bonds is 8. The maximum Gasteiger partial charge on any atom is 0.253 e. The molecule has 0 aliphatic heterocycles. The minimum atomic E-state index is -0.107. The molecule has 3 rings (SSSR count). The number of benzene rings is 2. The Hall–Kier alpha value is -3.87. The third-order valence-electron chi connectivity index (χ3n) is 4.81. The lowest BCUT2D eigenvalue weighted by Gasteiger charge is -2.06. The van der Waals surface area contributed by atoms with Gasteiger partial charge >= 0.3 is 0 Å². The Kier molecular flexibility index (Phi) is 6.32. The van der Waals surface area contributed by atoms with Gasteiger partial charge in [-0.2, -0.15) is 0 Å². The summed E-state index contributed by atoms with van der Waals surface area (Å²) in [7, 11) is 0. The number of amidine groups is 2. The molecule has 0 unspecified atom stereocenters. The molecule has 3 aromatic rings. The first-order chi connectivity index (χ1) is 14.4. The van der Waals surface area contributed by atoms with Crippen LogP contribution in [0.5, 0.6) is 0 Å². The molecular formula is C23H26N6O. The summed E-state index contributed by atoms with van der Waals surface area (Å²) in [6.07, 6.45) is 4.42. The van der Waals surface area contributed by atoms with Gasteiger partial charge in [-0.05, 0) is 36.1 Å². The van der Waals surface area contributed by atoms with E-state index >= 15 is 0 Å². The lowest BCUT2D eigenvalue weighted by molar-refractivity contribution is 0.0955. The molecular weight excluding hydrogens is 376 g/mol. The largest absolute Gasteiger partial charge is 0.384 e. The molecule has 0 aliphatic rings. The van der Waals surface area contributed by atoms with Gasteiger partial charge in [-0.3, -0.25) is 15.6 Å². The summed E-state index contributed by atoms with van der Waals surface area (Å²) in [5, 5.41) is 18.0. The minimum absolute atomic E-state index is 0.0297. The van der Waals surface area contributed by atoms with E-state index in [9.17, 15) is 4.79 Å². The number of carbonyl (C=O) groups excluding carboxylic acids is 1. The second kappa shape index (κ2) is 9.09. The average molecular weight is 403 g/mol. The van der Waals surface area contributed by atoms with Crippen LogP contribution in [0.15, 0.2) is 60.9 Å². The van der Waals surface area contributed by atoms with Crippen molar-refractivity contribution in [2.24, 2.45) is 11.5 Å². The molecule has 0 spiro atoms. The van der Waals surface area contributed by atoms with Crippen molar-refractivity contribution in [1.29, 1.82) is 10.8 Å². The number of amides is 1. The average Bonchev–Trinajstić information content (AvgIpc) is 3.11. The Morgan fingerprint density at radius 2 is 1.67 bits per heavy atom. The Morgan fingerprint density at radius 1 is 0.967 bits per heavy atom. The molecule has 0 atom stereocenters. The van der Waals surface area contributed by atoms with E-state index < -0.39 is 0 Å². The number of nitrogens with one attached hydrogen (secondary N) is 3. The van der Waals surface area contributed by atoms with E-state index in [1.165, 1.54) is 0 Å². The Balaban J connectivity index is 1.89. The molecule has 1 heterocycles. The van der Waals surface area contributed by atoms with Crippen molar-refractivity contribution in [2.45, 2.75) is 19.9 Å². The topological polar surface area (TPSA) is 134 Å². The number of carbonyl (C=O) groups is 1. The molecule has 1 amide bonds. The molecule has 7 heteroatoms. The monoisotopic (exact) mass is 402 g/mol. The van der Waals surface area contributed by atoms with Crippen molar-refractivity contribution in [3.05, 3.63) is 94.3 Å². The number of nitrogen functional groups attached to an aromatic ring is 2. The molecule has 0 saturated carbocycles. The lowest BCUT2D eigenvalue weighted by atomic mass is 10.0. The minimum Gasteiger partial charge on any atom is -0.384 e. The highest BCUT2D eigenvalue weighted by Gasteiger charge is 2.15. The van der Waals surface area contributed by atoms with Crippen LogP contribution >= 0.6 is 0 Å². The van der Waals surface area contributed by atoms with E-state index in [0.29, 0.717) is 36.2 Å². The second-order valence-electron chi connectivity index (χ2n) is 7.13. The normalized spacial score (nSPS) is 10.6.